The van der Waals surface area contributed by atoms with Gasteiger partial charge in [-0.05, 0) is 35.4 Å². The number of hydrogen-bond donors (Lipinski definition) is 1. The van der Waals surface area contributed by atoms with Crippen molar-refractivity contribution in [1.82, 2.24) is 9.55 Å². The van der Waals surface area contributed by atoms with Crippen LogP contribution in [-0.2, 0) is 4.74 Å². The minimum atomic E-state index is -0.592. The summed E-state index contributed by atoms with van der Waals surface area (Å²) in [6.07, 6.45) is 8.97. The van der Waals surface area contributed by atoms with Crippen molar-refractivity contribution in [2.24, 2.45) is 0 Å². The molecule has 3 aromatic rings. The lowest BCUT2D eigenvalue weighted by Crippen LogP contribution is -2.11. The summed E-state index contributed by atoms with van der Waals surface area (Å²) in [7, 11) is 1.28. The molecule has 2 aromatic heterocycles. The fourth-order valence-corrected chi connectivity index (χ4v) is 2.53. The Balaban J connectivity index is 1.93. The molecule has 6 heteroatoms. The third-order valence-corrected chi connectivity index (χ3v) is 3.89. The van der Waals surface area contributed by atoms with Crippen LogP contribution in [0.15, 0.2) is 55.0 Å². The average Bonchev–Trinajstić information content (AvgIpc) is 3.03. The molecule has 0 atom stereocenters. The number of nitrogens with two attached hydrogens (primary N) is 1. The van der Waals surface area contributed by atoms with Crippen LogP contribution in [0.25, 0.3) is 17.8 Å². The standard InChI is InChI=1S/C20H16N4O2/c1-26-20(25)19-18(22)16(12-21)13-24(19)17-6-4-14(5-7-17)2-3-15-8-10-23-11-9-15/h2-11,13H,22H2,1H3. The van der Waals surface area contributed by atoms with Crippen molar-refractivity contribution in [1.29, 1.82) is 5.26 Å². The fourth-order valence-electron chi connectivity index (χ4n) is 2.53. The number of esters is 1. The summed E-state index contributed by atoms with van der Waals surface area (Å²) in [4.78, 5) is 16.0. The monoisotopic (exact) mass is 344 g/mol. The van der Waals surface area contributed by atoms with E-state index in [9.17, 15) is 10.1 Å². The summed E-state index contributed by atoms with van der Waals surface area (Å²) in [6, 6.07) is 13.3. The lowest BCUT2D eigenvalue weighted by Gasteiger charge is -2.08. The second kappa shape index (κ2) is 7.36. The Hall–Kier alpha value is -3.85. The lowest BCUT2D eigenvalue weighted by molar-refractivity contribution is 0.0593. The Labute approximate surface area is 150 Å². The van der Waals surface area contributed by atoms with E-state index < -0.39 is 5.97 Å². The van der Waals surface area contributed by atoms with Crippen LogP contribution in [0.5, 0.6) is 0 Å². The summed E-state index contributed by atoms with van der Waals surface area (Å²) < 4.78 is 6.35. The van der Waals surface area contributed by atoms with Crippen LogP contribution in [0.4, 0.5) is 5.69 Å². The number of anilines is 1. The molecule has 1 aromatic carbocycles. The van der Waals surface area contributed by atoms with E-state index in [4.69, 9.17) is 10.5 Å². The predicted molar refractivity (Wildman–Crippen MR) is 99.4 cm³/mol. The molecule has 0 saturated heterocycles. The number of nitrogens with zero attached hydrogens (tertiary/aromatic N) is 3. The Kier molecular flexibility index (Phi) is 4.81. The van der Waals surface area contributed by atoms with Crippen LogP contribution >= 0.6 is 0 Å². The first-order valence-corrected chi connectivity index (χ1v) is 7.82. The molecule has 26 heavy (non-hydrogen) atoms. The van der Waals surface area contributed by atoms with E-state index in [0.29, 0.717) is 5.69 Å². The zero-order valence-corrected chi connectivity index (χ0v) is 14.1. The summed E-state index contributed by atoms with van der Waals surface area (Å²) in [5, 5.41) is 9.17. The van der Waals surface area contributed by atoms with Gasteiger partial charge in [-0.1, -0.05) is 24.3 Å². The maximum Gasteiger partial charge on any atom is 0.357 e. The first-order chi connectivity index (χ1) is 12.6. The molecule has 6 nitrogen and oxygen atoms in total. The van der Waals surface area contributed by atoms with Crippen molar-refractivity contribution in [3.63, 3.8) is 0 Å². The van der Waals surface area contributed by atoms with Gasteiger partial charge in [0.05, 0.1) is 18.4 Å². The lowest BCUT2D eigenvalue weighted by atomic mass is 10.1. The molecule has 128 valence electrons. The second-order valence-corrected chi connectivity index (χ2v) is 5.48. The van der Waals surface area contributed by atoms with E-state index in [2.05, 4.69) is 4.98 Å². The minimum Gasteiger partial charge on any atom is -0.464 e. The van der Waals surface area contributed by atoms with Gasteiger partial charge in [0.2, 0.25) is 0 Å². The minimum absolute atomic E-state index is 0.112. The van der Waals surface area contributed by atoms with E-state index in [1.807, 2.05) is 54.6 Å². The number of methoxy groups -OCH3 is 1. The van der Waals surface area contributed by atoms with Crippen LogP contribution in [-0.4, -0.2) is 22.6 Å². The molecule has 0 bridgehead atoms. The van der Waals surface area contributed by atoms with Crippen molar-refractivity contribution in [3.8, 4) is 11.8 Å². The van der Waals surface area contributed by atoms with Crippen molar-refractivity contribution < 1.29 is 9.53 Å². The molecular formula is C20H16N4O2. The Morgan fingerprint density at radius 1 is 1.15 bits per heavy atom. The van der Waals surface area contributed by atoms with E-state index in [0.717, 1.165) is 11.1 Å². The SMILES string of the molecule is COC(=O)c1c(N)c(C#N)cn1-c1ccc(C=Cc2ccncc2)cc1. The van der Waals surface area contributed by atoms with Gasteiger partial charge < -0.3 is 15.0 Å². The Bertz CT molecular complexity index is 997. The molecule has 3 rings (SSSR count). The molecular weight excluding hydrogens is 328 g/mol. The van der Waals surface area contributed by atoms with Gasteiger partial charge in [0.15, 0.2) is 5.69 Å². The molecule has 2 heterocycles. The van der Waals surface area contributed by atoms with E-state index in [1.54, 1.807) is 17.0 Å². The zero-order chi connectivity index (χ0) is 18.5. The number of nitriles is 1. The van der Waals surface area contributed by atoms with Gasteiger partial charge >= 0.3 is 5.97 Å². The maximum atomic E-state index is 12.0. The molecule has 0 unspecified atom stereocenters. The van der Waals surface area contributed by atoms with E-state index in [1.165, 1.54) is 13.3 Å². The topological polar surface area (TPSA) is 93.9 Å². The van der Waals surface area contributed by atoms with E-state index >= 15 is 0 Å². The number of benzene rings is 1. The number of aromatic nitrogens is 2. The molecule has 0 aliphatic carbocycles. The molecule has 0 radical (unpaired) electrons. The molecule has 0 aliphatic heterocycles. The molecule has 0 amide bonds. The van der Waals surface area contributed by atoms with Crippen molar-refractivity contribution in [2.75, 3.05) is 12.8 Å². The quantitative estimate of drug-likeness (QED) is 0.733. The van der Waals surface area contributed by atoms with Crippen LogP contribution in [0.1, 0.15) is 27.2 Å². The molecule has 2 N–H and O–H groups in total. The molecule has 0 saturated carbocycles. The number of carbonyl (C=O) groups is 1. The summed E-state index contributed by atoms with van der Waals surface area (Å²) >= 11 is 0. The number of pyridine rings is 1. The largest absolute Gasteiger partial charge is 0.464 e. The number of rotatable bonds is 4. The molecule has 0 aliphatic rings. The average molecular weight is 344 g/mol. The molecule has 0 fully saturated rings. The number of ether oxygens (including phenoxy) is 1. The summed E-state index contributed by atoms with van der Waals surface area (Å²) in [5.74, 6) is -0.592. The van der Waals surface area contributed by atoms with Gasteiger partial charge in [0, 0.05) is 24.3 Å². The highest BCUT2D eigenvalue weighted by molar-refractivity contribution is 5.96. The number of nitrogen functional groups attached to an aromatic ring is 1. The molecule has 0 spiro atoms. The third-order valence-electron chi connectivity index (χ3n) is 3.89. The Morgan fingerprint density at radius 2 is 1.77 bits per heavy atom. The fraction of sp³-hybridized carbons (Fsp3) is 0.0500. The zero-order valence-electron chi connectivity index (χ0n) is 14.1. The van der Waals surface area contributed by atoms with Crippen molar-refractivity contribution >= 4 is 23.8 Å². The smallest absolute Gasteiger partial charge is 0.357 e. The first kappa shape index (κ1) is 17.0. The van der Waals surface area contributed by atoms with Crippen LogP contribution in [0.3, 0.4) is 0 Å². The van der Waals surface area contributed by atoms with Gasteiger partial charge in [-0.25, -0.2) is 4.79 Å². The van der Waals surface area contributed by atoms with Crippen molar-refractivity contribution in [3.05, 3.63) is 77.4 Å². The van der Waals surface area contributed by atoms with Crippen molar-refractivity contribution in [2.45, 2.75) is 0 Å². The highest BCUT2D eigenvalue weighted by Crippen LogP contribution is 2.25. The first-order valence-electron chi connectivity index (χ1n) is 7.82. The van der Waals surface area contributed by atoms with Crippen LogP contribution in [0, 0.1) is 11.3 Å². The van der Waals surface area contributed by atoms with Gasteiger partial charge in [-0.3, -0.25) is 4.98 Å². The second-order valence-electron chi connectivity index (χ2n) is 5.48. The van der Waals surface area contributed by atoms with Crippen LogP contribution in [0.2, 0.25) is 0 Å². The highest BCUT2D eigenvalue weighted by Gasteiger charge is 2.21. The van der Waals surface area contributed by atoms with E-state index in [-0.39, 0.29) is 16.9 Å². The highest BCUT2D eigenvalue weighted by atomic mass is 16.5. The predicted octanol–water partition coefficient (Wildman–Crippen LogP) is 3.28. The summed E-state index contributed by atoms with van der Waals surface area (Å²) in [6.45, 7) is 0. The van der Waals surface area contributed by atoms with Gasteiger partial charge in [0.25, 0.3) is 0 Å². The van der Waals surface area contributed by atoms with Crippen LogP contribution < -0.4 is 5.73 Å². The normalized spacial score (nSPS) is 10.6. The maximum absolute atomic E-state index is 12.0. The number of hydrogen-bond acceptors (Lipinski definition) is 5. The summed E-state index contributed by atoms with van der Waals surface area (Å²) in [5.41, 5.74) is 9.14. The Morgan fingerprint density at radius 3 is 2.35 bits per heavy atom. The van der Waals surface area contributed by atoms with Gasteiger partial charge in [-0.15, -0.1) is 0 Å². The van der Waals surface area contributed by atoms with Gasteiger partial charge in [-0.2, -0.15) is 5.26 Å². The number of carbonyl (C=O) groups excluding carboxylic acids is 1. The van der Waals surface area contributed by atoms with Gasteiger partial charge in [0.1, 0.15) is 6.07 Å². The third kappa shape index (κ3) is 3.32.